The number of ether oxygens (including phenoxy) is 1. The van der Waals surface area contributed by atoms with Crippen molar-refractivity contribution in [3.8, 4) is 0 Å². The minimum atomic E-state index is -1.08. The number of hydrogen-bond donors (Lipinski definition) is 1. The molecule has 7 heteroatoms. The molecule has 1 atom stereocenters. The molecule has 0 aromatic heterocycles. The van der Waals surface area contributed by atoms with Crippen LogP contribution in [0, 0.1) is 0 Å². The average molecular weight is 403 g/mol. The summed E-state index contributed by atoms with van der Waals surface area (Å²) in [6.07, 6.45) is 0. The topological polar surface area (TPSA) is 70.1 Å². The second-order valence-corrected chi connectivity index (χ2v) is 7.10. The summed E-state index contributed by atoms with van der Waals surface area (Å²) >= 11 is 6.06. The van der Waals surface area contributed by atoms with E-state index in [2.05, 4.69) is 17.0 Å². The number of carbonyl (C=O) groups is 2. The zero-order valence-electron chi connectivity index (χ0n) is 15.5. The fourth-order valence-corrected chi connectivity index (χ4v) is 3.57. The van der Waals surface area contributed by atoms with E-state index in [0.717, 1.165) is 5.56 Å². The van der Waals surface area contributed by atoms with Crippen molar-refractivity contribution in [3.63, 3.8) is 0 Å². The summed E-state index contributed by atoms with van der Waals surface area (Å²) in [7, 11) is 0. The lowest BCUT2D eigenvalue weighted by atomic mass is 9.96. The van der Waals surface area contributed by atoms with Crippen molar-refractivity contribution in [3.05, 3.63) is 70.7 Å². The Balaban J connectivity index is 1.67. The van der Waals surface area contributed by atoms with Crippen LogP contribution in [0.3, 0.4) is 0 Å². The molecule has 1 fully saturated rings. The van der Waals surface area contributed by atoms with Gasteiger partial charge in [-0.1, -0.05) is 54.1 Å². The van der Waals surface area contributed by atoms with Gasteiger partial charge in [-0.25, -0.2) is 4.79 Å². The van der Waals surface area contributed by atoms with Gasteiger partial charge in [-0.3, -0.25) is 9.69 Å². The molecule has 0 spiro atoms. The first-order valence-corrected chi connectivity index (χ1v) is 9.54. The zero-order valence-corrected chi connectivity index (χ0v) is 16.2. The van der Waals surface area contributed by atoms with E-state index in [-0.39, 0.29) is 18.6 Å². The molecule has 28 heavy (non-hydrogen) atoms. The molecule has 1 aliphatic heterocycles. The number of aliphatic carboxylic acids is 1. The molecule has 0 aliphatic carbocycles. The number of carboxylic acid groups (broad SMARTS) is 1. The van der Waals surface area contributed by atoms with Gasteiger partial charge in [0.05, 0.1) is 6.04 Å². The molecule has 0 unspecified atom stereocenters. The van der Waals surface area contributed by atoms with Crippen LogP contribution < -0.4 is 0 Å². The van der Waals surface area contributed by atoms with Crippen molar-refractivity contribution in [2.24, 2.45) is 0 Å². The number of benzene rings is 2. The monoisotopic (exact) mass is 402 g/mol. The standard InChI is InChI=1S/C21H23ClN2O4/c22-18-8-6-17(7-9-18)21(16-4-2-1-3-5-16)24-12-10-23(11-13-24)19(25)14-28-15-20(26)27/h1-9,21H,10-15H2,(H,26,27)/t21-/m1/s1. The van der Waals surface area contributed by atoms with Crippen LogP contribution >= 0.6 is 11.6 Å². The van der Waals surface area contributed by atoms with Gasteiger partial charge in [0, 0.05) is 31.2 Å². The lowest BCUT2D eigenvalue weighted by Crippen LogP contribution is -2.50. The molecule has 2 aromatic carbocycles. The Hall–Kier alpha value is -2.41. The summed E-state index contributed by atoms with van der Waals surface area (Å²) in [6.45, 7) is 1.92. The third-order valence-corrected chi connectivity index (χ3v) is 5.04. The summed E-state index contributed by atoms with van der Waals surface area (Å²) in [5, 5.41) is 9.30. The Bertz CT molecular complexity index is 790. The van der Waals surface area contributed by atoms with E-state index < -0.39 is 12.6 Å². The fraction of sp³-hybridized carbons (Fsp3) is 0.333. The van der Waals surface area contributed by atoms with Gasteiger partial charge >= 0.3 is 5.97 Å². The quantitative estimate of drug-likeness (QED) is 0.771. The lowest BCUT2D eigenvalue weighted by Gasteiger charge is -2.39. The highest BCUT2D eigenvalue weighted by molar-refractivity contribution is 6.30. The number of hydrogen-bond acceptors (Lipinski definition) is 4. The maximum Gasteiger partial charge on any atom is 0.329 e. The number of piperazine rings is 1. The van der Waals surface area contributed by atoms with Crippen molar-refractivity contribution in [2.75, 3.05) is 39.4 Å². The van der Waals surface area contributed by atoms with Gasteiger partial charge in [-0.2, -0.15) is 0 Å². The first-order chi connectivity index (χ1) is 13.5. The van der Waals surface area contributed by atoms with Crippen LogP contribution in [0.25, 0.3) is 0 Å². The van der Waals surface area contributed by atoms with Crippen molar-refractivity contribution < 1.29 is 19.4 Å². The van der Waals surface area contributed by atoms with Gasteiger partial charge in [-0.15, -0.1) is 0 Å². The van der Waals surface area contributed by atoms with Crippen LogP contribution in [-0.4, -0.2) is 66.2 Å². The van der Waals surface area contributed by atoms with E-state index in [0.29, 0.717) is 31.2 Å². The largest absolute Gasteiger partial charge is 0.480 e. The molecule has 6 nitrogen and oxygen atoms in total. The first-order valence-electron chi connectivity index (χ1n) is 9.16. The molecule has 3 rings (SSSR count). The van der Waals surface area contributed by atoms with Gasteiger partial charge in [-0.05, 0) is 23.3 Å². The number of carbonyl (C=O) groups excluding carboxylic acids is 1. The van der Waals surface area contributed by atoms with E-state index in [1.165, 1.54) is 5.56 Å². The number of nitrogens with zero attached hydrogens (tertiary/aromatic N) is 2. The smallest absolute Gasteiger partial charge is 0.329 e. The van der Waals surface area contributed by atoms with Crippen molar-refractivity contribution in [1.82, 2.24) is 9.80 Å². The van der Waals surface area contributed by atoms with E-state index in [4.69, 9.17) is 21.4 Å². The minimum Gasteiger partial charge on any atom is -0.480 e. The van der Waals surface area contributed by atoms with Gasteiger partial charge in [0.1, 0.15) is 13.2 Å². The van der Waals surface area contributed by atoms with Gasteiger partial charge in [0.2, 0.25) is 5.91 Å². The molecule has 1 saturated heterocycles. The summed E-state index contributed by atoms with van der Waals surface area (Å²) in [4.78, 5) is 26.8. The molecule has 1 aliphatic rings. The summed E-state index contributed by atoms with van der Waals surface area (Å²) in [5.74, 6) is -1.25. The van der Waals surface area contributed by atoms with E-state index >= 15 is 0 Å². The molecule has 0 radical (unpaired) electrons. The van der Waals surface area contributed by atoms with Gasteiger partial charge < -0.3 is 14.7 Å². The Kier molecular flexibility index (Phi) is 7.03. The highest BCUT2D eigenvalue weighted by atomic mass is 35.5. The Morgan fingerprint density at radius 2 is 1.54 bits per heavy atom. The maximum atomic E-state index is 12.2. The molecular formula is C21H23ClN2O4. The van der Waals surface area contributed by atoms with Crippen LogP contribution in [0.15, 0.2) is 54.6 Å². The maximum absolute atomic E-state index is 12.2. The van der Waals surface area contributed by atoms with Crippen molar-refractivity contribution in [2.45, 2.75) is 6.04 Å². The van der Waals surface area contributed by atoms with Crippen LogP contribution in [-0.2, 0) is 14.3 Å². The SMILES string of the molecule is O=C(O)COCC(=O)N1CCN([C@H](c2ccccc2)c2ccc(Cl)cc2)CC1. The number of rotatable bonds is 7. The zero-order chi connectivity index (χ0) is 19.9. The average Bonchev–Trinajstić information content (AvgIpc) is 2.71. The molecule has 0 saturated carbocycles. The fourth-order valence-electron chi connectivity index (χ4n) is 3.44. The number of carboxylic acids is 1. The summed E-state index contributed by atoms with van der Waals surface area (Å²) in [6, 6.07) is 18.2. The number of halogens is 1. The lowest BCUT2D eigenvalue weighted by molar-refractivity contribution is -0.146. The van der Waals surface area contributed by atoms with Crippen LogP contribution in [0.4, 0.5) is 0 Å². The predicted molar refractivity (Wildman–Crippen MR) is 106 cm³/mol. The summed E-state index contributed by atoms with van der Waals surface area (Å²) in [5.41, 5.74) is 2.34. The third kappa shape index (κ3) is 5.32. The predicted octanol–water partition coefficient (Wildman–Crippen LogP) is 2.67. The normalized spacial score (nSPS) is 16.0. The first kappa shape index (κ1) is 20.3. The van der Waals surface area contributed by atoms with Crippen LogP contribution in [0.2, 0.25) is 5.02 Å². The van der Waals surface area contributed by atoms with E-state index in [9.17, 15) is 9.59 Å². The van der Waals surface area contributed by atoms with Gasteiger partial charge in [0.15, 0.2) is 0 Å². The molecule has 148 valence electrons. The molecule has 1 amide bonds. The second kappa shape index (κ2) is 9.68. The van der Waals surface area contributed by atoms with E-state index in [1.54, 1.807) is 4.90 Å². The highest BCUT2D eigenvalue weighted by Gasteiger charge is 2.28. The highest BCUT2D eigenvalue weighted by Crippen LogP contribution is 2.30. The van der Waals surface area contributed by atoms with Crippen molar-refractivity contribution in [1.29, 1.82) is 0 Å². The van der Waals surface area contributed by atoms with E-state index in [1.807, 2.05) is 42.5 Å². The molecular weight excluding hydrogens is 380 g/mol. The molecule has 0 bridgehead atoms. The van der Waals surface area contributed by atoms with Crippen LogP contribution in [0.5, 0.6) is 0 Å². The van der Waals surface area contributed by atoms with Gasteiger partial charge in [0.25, 0.3) is 0 Å². The summed E-state index contributed by atoms with van der Waals surface area (Å²) < 4.78 is 4.92. The Morgan fingerprint density at radius 3 is 2.14 bits per heavy atom. The molecule has 1 heterocycles. The van der Waals surface area contributed by atoms with Crippen LogP contribution in [0.1, 0.15) is 17.2 Å². The molecule has 1 N–H and O–H groups in total. The van der Waals surface area contributed by atoms with Crippen molar-refractivity contribution >= 4 is 23.5 Å². The number of amides is 1. The minimum absolute atomic E-state index is 0.0824. The Morgan fingerprint density at radius 1 is 0.929 bits per heavy atom. The third-order valence-electron chi connectivity index (χ3n) is 4.78. The Labute approximate surface area is 169 Å². The second-order valence-electron chi connectivity index (χ2n) is 6.67. The molecule has 2 aromatic rings.